The molecule has 0 radical (unpaired) electrons. The zero-order valence-electron chi connectivity index (χ0n) is 24.7. The Morgan fingerprint density at radius 1 is 0.263 bits per heavy atom. The van der Waals surface area contributed by atoms with E-state index in [2.05, 4.69) is 0 Å². The van der Waals surface area contributed by atoms with Gasteiger partial charge in [-0.2, -0.15) is 149 Å². The minimum Gasteiger partial charge on any atom is -0.194 e. The zero-order valence-corrected chi connectivity index (χ0v) is 25.8. The van der Waals surface area contributed by atoms with Gasteiger partial charge in [0.15, 0.2) is 0 Å². The van der Waals surface area contributed by atoms with Crippen molar-refractivity contribution in [2.24, 2.45) is 0 Å². The summed E-state index contributed by atoms with van der Waals surface area (Å²) in [7, 11) is 0.163. The number of hydrogen-bond donors (Lipinski definition) is 0. The maximum Gasteiger partial charge on any atom is 0.460 e. The maximum atomic E-state index is 15.0. The topological polar surface area (TPSA) is 0 Å². The van der Waals surface area contributed by atoms with Crippen LogP contribution in [0.4, 0.5) is 149 Å². The molecule has 1 aromatic rings. The van der Waals surface area contributed by atoms with E-state index in [1.165, 1.54) is 0 Å². The molecule has 0 heterocycles. The van der Waals surface area contributed by atoms with Crippen LogP contribution in [0.25, 0.3) is 0 Å². The minimum absolute atomic E-state index is 0.163. The van der Waals surface area contributed by atoms with Gasteiger partial charge in [0.25, 0.3) is 0 Å². The van der Waals surface area contributed by atoms with E-state index in [0.717, 1.165) is 0 Å². The highest BCUT2D eigenvalue weighted by Gasteiger charge is 2.97. The fourth-order valence-electron chi connectivity index (χ4n) is 3.84. The van der Waals surface area contributed by atoms with Gasteiger partial charge in [-0.3, -0.25) is 0 Å². The van der Waals surface area contributed by atoms with Gasteiger partial charge in [-0.1, -0.05) is 18.2 Å². The lowest BCUT2D eigenvalue weighted by molar-refractivity contribution is -0.464. The minimum atomic E-state index is -9.52. The normalized spacial score (nSPS) is 16.7. The zero-order chi connectivity index (χ0) is 46.9. The number of alkyl halides is 34. The quantitative estimate of drug-likeness (QED) is 0.129. The summed E-state index contributed by atoms with van der Waals surface area (Å²) < 4.78 is 465. The van der Waals surface area contributed by atoms with E-state index >= 15 is 0 Å². The molecule has 35 heteroatoms. The number of halogens is 34. The molecule has 0 amide bonds. The molecule has 0 spiro atoms. The SMILES string of the molecule is FC(F)(F)C(F)(F)C(F)(F)C(F)(F)C(F)(F)C(F)(F)C(F)(F)C(F)(F)c1cccc(P)c1C(F)(F)C(F)(F)C(F)(F)C(F)(F)C(F)(F)C(F)(F)C(F)(F)C(F)(F)F. The Morgan fingerprint density at radius 2 is 0.474 bits per heavy atom. The Bertz CT molecular complexity index is 1640. The lowest BCUT2D eigenvalue weighted by Crippen LogP contribution is -2.74. The van der Waals surface area contributed by atoms with Gasteiger partial charge in [0, 0.05) is 11.1 Å². The fraction of sp³-hybridized carbons (Fsp3) is 0.727. The maximum absolute atomic E-state index is 15.0. The first-order valence-corrected chi connectivity index (χ1v) is 13.0. The molecular weight excluding hydrogens is 941 g/mol. The number of hydrogen-bond acceptors (Lipinski definition) is 0. The molecule has 1 unspecified atom stereocenters. The first-order chi connectivity index (χ1) is 24.1. The summed E-state index contributed by atoms with van der Waals surface area (Å²) in [6.07, 6.45) is -16.5. The van der Waals surface area contributed by atoms with Crippen LogP contribution < -0.4 is 5.30 Å². The van der Waals surface area contributed by atoms with Crippen molar-refractivity contribution in [2.75, 3.05) is 0 Å². The van der Waals surface area contributed by atoms with Gasteiger partial charge >= 0.3 is 95.3 Å². The van der Waals surface area contributed by atoms with Crippen molar-refractivity contribution in [1.82, 2.24) is 0 Å². The molecule has 0 saturated heterocycles. The van der Waals surface area contributed by atoms with Crippen molar-refractivity contribution in [1.29, 1.82) is 0 Å². The summed E-state index contributed by atoms with van der Waals surface area (Å²) in [5.41, 5.74) is -9.13. The van der Waals surface area contributed by atoms with E-state index < -0.39 is 130 Å². The molecule has 0 bridgehead atoms. The first-order valence-electron chi connectivity index (χ1n) is 12.5. The highest BCUT2D eigenvalue weighted by molar-refractivity contribution is 7.27. The molecule has 0 aliphatic heterocycles. The predicted octanol–water partition coefficient (Wildman–Crippen LogP) is 12.1. The van der Waals surface area contributed by atoms with Crippen molar-refractivity contribution in [2.45, 2.75) is 95.3 Å². The largest absolute Gasteiger partial charge is 0.460 e. The lowest BCUT2D eigenvalue weighted by atomic mass is 9.82. The van der Waals surface area contributed by atoms with E-state index in [1.54, 1.807) is 0 Å². The number of benzene rings is 1. The van der Waals surface area contributed by atoms with Crippen LogP contribution in [0.15, 0.2) is 18.2 Å². The van der Waals surface area contributed by atoms with Crippen LogP contribution in [-0.4, -0.2) is 83.4 Å². The van der Waals surface area contributed by atoms with E-state index in [0.29, 0.717) is 0 Å². The van der Waals surface area contributed by atoms with Gasteiger partial charge in [-0.05, 0) is 5.30 Å². The molecule has 0 N–H and O–H groups in total. The molecule has 0 aromatic heterocycles. The van der Waals surface area contributed by atoms with Crippen molar-refractivity contribution in [3.63, 3.8) is 0 Å². The highest BCUT2D eigenvalue weighted by Crippen LogP contribution is 2.68. The molecule has 0 fully saturated rings. The molecule has 0 aliphatic carbocycles. The second-order valence-corrected chi connectivity index (χ2v) is 11.4. The summed E-state index contributed by atoms with van der Waals surface area (Å²) in [6.45, 7) is 0. The second kappa shape index (κ2) is 13.1. The first kappa shape index (κ1) is 52.3. The van der Waals surface area contributed by atoms with Crippen LogP contribution >= 0.6 is 9.24 Å². The van der Waals surface area contributed by atoms with E-state index in [-0.39, 0.29) is 9.24 Å². The standard InChI is InChI=1S/C22H5F34P/c23-7(24,9(27,28)11(31,32)13(35,36)15(39,40)17(43,44)19(47,48)21(51,52)53)4-2-1-3-5(57)6(4)8(25,26)10(29,30)12(33,34)14(37,38)16(41,42)18(45,46)20(49,50)22(54,55)56/h1-3H,57H2. The fourth-order valence-corrected chi connectivity index (χ4v) is 4.28. The summed E-state index contributed by atoms with van der Waals surface area (Å²) in [4.78, 5) is 0. The van der Waals surface area contributed by atoms with Gasteiger partial charge in [0.05, 0.1) is 0 Å². The molecule has 1 atom stereocenters. The molecule has 1 aromatic carbocycles. The molecule has 1 rings (SSSR count). The van der Waals surface area contributed by atoms with Crippen LogP contribution in [-0.2, 0) is 11.8 Å². The average molecular weight is 946 g/mol. The van der Waals surface area contributed by atoms with Crippen LogP contribution in [0.5, 0.6) is 0 Å². The van der Waals surface area contributed by atoms with Crippen molar-refractivity contribution < 1.29 is 149 Å². The van der Waals surface area contributed by atoms with Crippen LogP contribution in [0, 0.1) is 0 Å². The highest BCUT2D eigenvalue weighted by atomic mass is 31.0. The average Bonchev–Trinajstić information content (AvgIpc) is 2.98. The Morgan fingerprint density at radius 3 is 0.719 bits per heavy atom. The van der Waals surface area contributed by atoms with Crippen LogP contribution in [0.2, 0.25) is 0 Å². The van der Waals surface area contributed by atoms with Gasteiger partial charge in [-0.25, -0.2) is 0 Å². The molecule has 336 valence electrons. The third kappa shape index (κ3) is 6.28. The molecule has 0 saturated carbocycles. The molecule has 0 aliphatic rings. The van der Waals surface area contributed by atoms with Crippen LogP contribution in [0.3, 0.4) is 0 Å². The molecule has 57 heavy (non-hydrogen) atoms. The van der Waals surface area contributed by atoms with E-state index in [9.17, 15) is 149 Å². The van der Waals surface area contributed by atoms with Gasteiger partial charge < -0.3 is 0 Å². The molecule has 0 nitrogen and oxygen atoms in total. The third-order valence-corrected chi connectivity index (χ3v) is 7.67. The summed E-state index contributed by atoms with van der Waals surface area (Å²) in [5.74, 6) is -128. The Labute approximate surface area is 289 Å². The Balaban J connectivity index is 4.27. The smallest absolute Gasteiger partial charge is 0.194 e. The third-order valence-electron chi connectivity index (χ3n) is 7.19. The predicted molar refractivity (Wildman–Crippen MR) is 115 cm³/mol. The number of rotatable bonds is 14. The summed E-state index contributed by atoms with van der Waals surface area (Å²) in [5, 5.41) is -2.82. The van der Waals surface area contributed by atoms with Gasteiger partial charge in [-0.15, -0.1) is 9.24 Å². The second-order valence-electron chi connectivity index (χ2n) is 10.8. The van der Waals surface area contributed by atoms with Gasteiger partial charge in [0.2, 0.25) is 0 Å². The Hall–Kier alpha value is -2.73. The lowest BCUT2D eigenvalue weighted by Gasteiger charge is -2.44. The van der Waals surface area contributed by atoms with E-state index in [1.807, 2.05) is 0 Å². The van der Waals surface area contributed by atoms with Crippen molar-refractivity contribution >= 4 is 14.5 Å². The summed E-state index contributed by atoms with van der Waals surface area (Å²) in [6, 6.07) is -3.09. The monoisotopic (exact) mass is 946 g/mol. The van der Waals surface area contributed by atoms with E-state index in [4.69, 9.17) is 0 Å². The van der Waals surface area contributed by atoms with Crippen molar-refractivity contribution in [3.05, 3.63) is 29.3 Å². The van der Waals surface area contributed by atoms with Crippen LogP contribution in [0.1, 0.15) is 11.1 Å². The Kier molecular flexibility index (Phi) is 12.0. The van der Waals surface area contributed by atoms with Gasteiger partial charge in [0.1, 0.15) is 0 Å². The van der Waals surface area contributed by atoms with Crippen molar-refractivity contribution in [3.8, 4) is 0 Å². The summed E-state index contributed by atoms with van der Waals surface area (Å²) >= 11 is 0. The molecular formula is C22H5F34P.